The number of hydrogen-bond acceptors (Lipinski definition) is 4. The molecule has 186 valence electrons. The van der Waals surface area contributed by atoms with Crippen molar-refractivity contribution in [3.8, 4) is 0 Å². The van der Waals surface area contributed by atoms with Gasteiger partial charge in [0.1, 0.15) is 12.6 Å². The average molecular weight is 553 g/mol. The van der Waals surface area contributed by atoms with Gasteiger partial charge in [-0.3, -0.25) is 13.9 Å². The quantitative estimate of drug-likeness (QED) is 0.455. The highest BCUT2D eigenvalue weighted by molar-refractivity contribution is 9.10. The van der Waals surface area contributed by atoms with Crippen LogP contribution in [0, 0.1) is 12.8 Å². The highest BCUT2D eigenvalue weighted by atomic mass is 79.9. The van der Waals surface area contributed by atoms with Crippen LogP contribution in [0.4, 0.5) is 5.69 Å². The minimum atomic E-state index is -3.75. The summed E-state index contributed by atoms with van der Waals surface area (Å²) in [5, 5.41) is 2.91. The standard InChI is InChI=1S/C25H34BrN3O4S/c1-6-23(25(31)27-15-18(2)3)28(16-20-10-8-7-9-11-20)24(30)17-29(34(5,32)33)21-12-13-22(26)19(4)14-21/h7-14,18,23H,6,15-17H2,1-5H3,(H,27,31). The summed E-state index contributed by atoms with van der Waals surface area (Å²) in [6.45, 7) is 7.99. The fraction of sp³-hybridized carbons (Fsp3) is 0.440. The Labute approximate surface area is 211 Å². The number of carbonyl (C=O) groups is 2. The number of nitrogens with zero attached hydrogens (tertiary/aromatic N) is 2. The first-order chi connectivity index (χ1) is 15.9. The highest BCUT2D eigenvalue weighted by Gasteiger charge is 2.31. The van der Waals surface area contributed by atoms with E-state index in [0.29, 0.717) is 18.7 Å². The van der Waals surface area contributed by atoms with Gasteiger partial charge in [0.2, 0.25) is 21.8 Å². The molecule has 2 rings (SSSR count). The third-order valence-corrected chi connectivity index (χ3v) is 7.41. The van der Waals surface area contributed by atoms with Crippen LogP contribution in [0.25, 0.3) is 0 Å². The number of benzene rings is 2. The molecule has 1 N–H and O–H groups in total. The molecule has 0 spiro atoms. The maximum Gasteiger partial charge on any atom is 0.244 e. The molecule has 0 heterocycles. The number of nitrogens with one attached hydrogen (secondary N) is 1. The van der Waals surface area contributed by atoms with E-state index in [1.165, 1.54) is 4.90 Å². The number of rotatable bonds is 11. The van der Waals surface area contributed by atoms with Gasteiger partial charge in [-0.15, -0.1) is 0 Å². The van der Waals surface area contributed by atoms with Crippen LogP contribution in [0.2, 0.25) is 0 Å². The predicted molar refractivity (Wildman–Crippen MR) is 140 cm³/mol. The molecule has 7 nitrogen and oxygen atoms in total. The molecule has 0 bridgehead atoms. The van der Waals surface area contributed by atoms with Crippen molar-refractivity contribution in [3.63, 3.8) is 0 Å². The molecule has 0 saturated carbocycles. The molecule has 0 radical (unpaired) electrons. The van der Waals surface area contributed by atoms with Crippen LogP contribution in [0.15, 0.2) is 53.0 Å². The van der Waals surface area contributed by atoms with Crippen molar-refractivity contribution < 1.29 is 18.0 Å². The minimum absolute atomic E-state index is 0.199. The lowest BCUT2D eigenvalue weighted by Crippen LogP contribution is -2.52. The molecule has 0 aliphatic carbocycles. The Kier molecular flexibility index (Phi) is 10.1. The molecule has 1 unspecified atom stereocenters. The Bertz CT molecular complexity index is 1090. The lowest BCUT2D eigenvalue weighted by Gasteiger charge is -2.33. The first-order valence-corrected chi connectivity index (χ1v) is 13.9. The molecule has 2 aromatic carbocycles. The van der Waals surface area contributed by atoms with Gasteiger partial charge in [0, 0.05) is 17.6 Å². The van der Waals surface area contributed by atoms with Crippen LogP contribution in [-0.2, 0) is 26.2 Å². The Morgan fingerprint density at radius 3 is 2.26 bits per heavy atom. The summed E-state index contributed by atoms with van der Waals surface area (Å²) in [5.41, 5.74) is 2.10. The second-order valence-corrected chi connectivity index (χ2v) is 11.5. The lowest BCUT2D eigenvalue weighted by molar-refractivity contribution is -0.140. The predicted octanol–water partition coefficient (Wildman–Crippen LogP) is 4.10. The average Bonchev–Trinajstić information content (AvgIpc) is 2.77. The van der Waals surface area contributed by atoms with Gasteiger partial charge in [0.05, 0.1) is 11.9 Å². The molecule has 34 heavy (non-hydrogen) atoms. The minimum Gasteiger partial charge on any atom is -0.354 e. The van der Waals surface area contributed by atoms with Crippen molar-refractivity contribution in [2.75, 3.05) is 23.7 Å². The van der Waals surface area contributed by atoms with E-state index in [0.717, 1.165) is 26.2 Å². The van der Waals surface area contributed by atoms with Crippen LogP contribution < -0.4 is 9.62 Å². The summed E-state index contributed by atoms with van der Waals surface area (Å²) in [7, 11) is -3.75. The number of sulfonamides is 1. The van der Waals surface area contributed by atoms with Crippen molar-refractivity contribution in [2.45, 2.75) is 46.7 Å². The van der Waals surface area contributed by atoms with E-state index in [-0.39, 0.29) is 18.4 Å². The zero-order chi connectivity index (χ0) is 25.5. The fourth-order valence-corrected chi connectivity index (χ4v) is 4.61. The van der Waals surface area contributed by atoms with E-state index in [9.17, 15) is 18.0 Å². The first kappa shape index (κ1) is 27.9. The third-order valence-electron chi connectivity index (χ3n) is 5.37. The third kappa shape index (κ3) is 7.84. The van der Waals surface area contributed by atoms with Crippen molar-refractivity contribution in [1.29, 1.82) is 0 Å². The monoisotopic (exact) mass is 551 g/mol. The topological polar surface area (TPSA) is 86.8 Å². The van der Waals surface area contributed by atoms with Crippen LogP contribution in [-0.4, -0.2) is 50.5 Å². The zero-order valence-corrected chi connectivity index (χ0v) is 22.8. The molecule has 0 saturated heterocycles. The normalized spacial score (nSPS) is 12.3. The maximum absolute atomic E-state index is 13.6. The van der Waals surface area contributed by atoms with Crippen molar-refractivity contribution >= 4 is 43.5 Å². The summed E-state index contributed by atoms with van der Waals surface area (Å²) in [6.07, 6.45) is 1.48. The number of anilines is 1. The van der Waals surface area contributed by atoms with E-state index in [1.54, 1.807) is 18.2 Å². The molecule has 1 atom stereocenters. The molecule has 2 amide bonds. The Morgan fingerprint density at radius 2 is 1.74 bits per heavy atom. The fourth-order valence-electron chi connectivity index (χ4n) is 3.52. The summed E-state index contributed by atoms with van der Waals surface area (Å²) in [4.78, 5) is 28.1. The van der Waals surface area contributed by atoms with E-state index >= 15 is 0 Å². The Hall–Kier alpha value is -2.39. The van der Waals surface area contributed by atoms with E-state index < -0.39 is 28.5 Å². The lowest BCUT2D eigenvalue weighted by atomic mass is 10.1. The second kappa shape index (κ2) is 12.4. The van der Waals surface area contributed by atoms with Gasteiger partial charge in [-0.2, -0.15) is 0 Å². The van der Waals surface area contributed by atoms with Crippen molar-refractivity contribution in [2.24, 2.45) is 5.92 Å². The number of aryl methyl sites for hydroxylation is 1. The number of amides is 2. The zero-order valence-electron chi connectivity index (χ0n) is 20.4. The number of hydrogen-bond donors (Lipinski definition) is 1. The van der Waals surface area contributed by atoms with Crippen LogP contribution >= 0.6 is 15.9 Å². The van der Waals surface area contributed by atoms with Crippen molar-refractivity contribution in [1.82, 2.24) is 10.2 Å². The first-order valence-electron chi connectivity index (χ1n) is 11.3. The summed E-state index contributed by atoms with van der Waals surface area (Å²) >= 11 is 3.42. The van der Waals surface area contributed by atoms with Crippen LogP contribution in [0.3, 0.4) is 0 Å². The van der Waals surface area contributed by atoms with Gasteiger partial charge in [-0.1, -0.05) is 67.0 Å². The van der Waals surface area contributed by atoms with E-state index in [2.05, 4.69) is 21.2 Å². The Balaban J connectivity index is 2.41. The van der Waals surface area contributed by atoms with Gasteiger partial charge in [-0.25, -0.2) is 8.42 Å². The second-order valence-electron chi connectivity index (χ2n) is 8.77. The van der Waals surface area contributed by atoms with Gasteiger partial charge in [-0.05, 0) is 48.6 Å². The molecule has 0 fully saturated rings. The number of halogens is 1. The van der Waals surface area contributed by atoms with Gasteiger partial charge >= 0.3 is 0 Å². The Morgan fingerprint density at radius 1 is 1.09 bits per heavy atom. The van der Waals surface area contributed by atoms with E-state index in [4.69, 9.17) is 0 Å². The molecular formula is C25H34BrN3O4S. The maximum atomic E-state index is 13.6. The smallest absolute Gasteiger partial charge is 0.244 e. The van der Waals surface area contributed by atoms with E-state index in [1.807, 2.05) is 58.0 Å². The molecule has 0 aliphatic heterocycles. The summed E-state index contributed by atoms with van der Waals surface area (Å²) in [5.74, 6) is -0.423. The molecule has 0 aromatic heterocycles. The molecule has 0 aliphatic rings. The summed E-state index contributed by atoms with van der Waals surface area (Å²) < 4.78 is 27.2. The molecule has 2 aromatic rings. The van der Waals surface area contributed by atoms with Gasteiger partial charge in [0.15, 0.2) is 0 Å². The molecular weight excluding hydrogens is 518 g/mol. The van der Waals surface area contributed by atoms with Crippen molar-refractivity contribution in [3.05, 3.63) is 64.1 Å². The number of carbonyl (C=O) groups excluding carboxylic acids is 2. The largest absolute Gasteiger partial charge is 0.354 e. The highest BCUT2D eigenvalue weighted by Crippen LogP contribution is 2.25. The van der Waals surface area contributed by atoms with Crippen LogP contribution in [0.5, 0.6) is 0 Å². The van der Waals surface area contributed by atoms with Gasteiger partial charge < -0.3 is 10.2 Å². The van der Waals surface area contributed by atoms with Crippen LogP contribution in [0.1, 0.15) is 38.3 Å². The molecule has 9 heteroatoms. The summed E-state index contributed by atoms with van der Waals surface area (Å²) in [6, 6.07) is 13.8. The van der Waals surface area contributed by atoms with Gasteiger partial charge in [0.25, 0.3) is 0 Å². The SMILES string of the molecule is CCC(C(=O)NCC(C)C)N(Cc1ccccc1)C(=O)CN(c1ccc(Br)c(C)c1)S(C)(=O)=O.